The van der Waals surface area contributed by atoms with Crippen molar-refractivity contribution in [2.24, 2.45) is 5.92 Å². The van der Waals surface area contributed by atoms with Crippen molar-refractivity contribution >= 4 is 16.9 Å². The Balaban J connectivity index is 1.58. The van der Waals surface area contributed by atoms with E-state index < -0.39 is 0 Å². The third kappa shape index (κ3) is 3.65. The molecule has 5 nitrogen and oxygen atoms in total. The summed E-state index contributed by atoms with van der Waals surface area (Å²) in [6, 6.07) is 7.86. The van der Waals surface area contributed by atoms with Gasteiger partial charge in [-0.05, 0) is 56.8 Å². The third-order valence-corrected chi connectivity index (χ3v) is 4.17. The van der Waals surface area contributed by atoms with Crippen LogP contribution in [0.4, 0.5) is 5.82 Å². The summed E-state index contributed by atoms with van der Waals surface area (Å²) in [5.41, 5.74) is 1.75. The standard InChI is InChI=1S/C17H24N4O/c1-18-16-17(21-15-9-3-2-8-14(15)20-16)22-11-5-7-13-6-4-10-19-12-13/h2-3,8-9,13,19H,4-7,10-12H2,1H3,(H,18,20). The monoisotopic (exact) mass is 300 g/mol. The predicted octanol–water partition coefficient (Wildman–Crippen LogP) is 2.83. The molecule has 2 N–H and O–H groups in total. The fourth-order valence-corrected chi connectivity index (χ4v) is 2.96. The second-order valence-corrected chi connectivity index (χ2v) is 5.82. The van der Waals surface area contributed by atoms with Gasteiger partial charge in [-0.25, -0.2) is 9.97 Å². The molecule has 0 amide bonds. The van der Waals surface area contributed by atoms with Crippen LogP contribution < -0.4 is 15.4 Å². The Bertz CT molecular complexity index is 611. The molecule has 1 atom stereocenters. The number of piperidine rings is 1. The van der Waals surface area contributed by atoms with Gasteiger partial charge < -0.3 is 15.4 Å². The topological polar surface area (TPSA) is 59.1 Å². The van der Waals surface area contributed by atoms with Crippen molar-refractivity contribution in [1.29, 1.82) is 0 Å². The van der Waals surface area contributed by atoms with Crippen molar-refractivity contribution in [3.05, 3.63) is 24.3 Å². The first-order valence-electron chi connectivity index (χ1n) is 8.15. The summed E-state index contributed by atoms with van der Waals surface area (Å²) in [4.78, 5) is 9.12. The molecule has 5 heteroatoms. The van der Waals surface area contributed by atoms with Gasteiger partial charge in [0.15, 0.2) is 5.82 Å². The van der Waals surface area contributed by atoms with Gasteiger partial charge in [0, 0.05) is 7.05 Å². The minimum atomic E-state index is 0.600. The molecule has 2 aromatic rings. The summed E-state index contributed by atoms with van der Waals surface area (Å²) < 4.78 is 5.87. The number of para-hydroxylation sites is 2. The highest BCUT2D eigenvalue weighted by Gasteiger charge is 2.13. The van der Waals surface area contributed by atoms with Gasteiger partial charge in [0.25, 0.3) is 5.88 Å². The minimum Gasteiger partial charge on any atom is -0.475 e. The normalized spacial score (nSPS) is 18.3. The van der Waals surface area contributed by atoms with Gasteiger partial charge >= 0.3 is 0 Å². The summed E-state index contributed by atoms with van der Waals surface area (Å²) in [5, 5.41) is 6.53. The van der Waals surface area contributed by atoms with Gasteiger partial charge in [-0.15, -0.1) is 0 Å². The Labute approximate surface area is 131 Å². The number of nitrogens with zero attached hydrogens (tertiary/aromatic N) is 2. The van der Waals surface area contributed by atoms with E-state index in [1.54, 1.807) is 0 Å². The zero-order valence-electron chi connectivity index (χ0n) is 13.1. The Morgan fingerprint density at radius 1 is 1.27 bits per heavy atom. The van der Waals surface area contributed by atoms with Crippen molar-refractivity contribution in [2.75, 3.05) is 32.1 Å². The lowest BCUT2D eigenvalue weighted by atomic mass is 9.95. The minimum absolute atomic E-state index is 0.600. The lowest BCUT2D eigenvalue weighted by molar-refractivity contribution is 0.269. The van der Waals surface area contributed by atoms with Crippen molar-refractivity contribution in [2.45, 2.75) is 25.7 Å². The summed E-state index contributed by atoms with van der Waals surface area (Å²) in [6.45, 7) is 3.01. The Morgan fingerprint density at radius 2 is 2.09 bits per heavy atom. The van der Waals surface area contributed by atoms with E-state index in [4.69, 9.17) is 4.74 Å². The zero-order chi connectivity index (χ0) is 15.2. The molecule has 1 unspecified atom stereocenters. The summed E-state index contributed by atoms with van der Waals surface area (Å²) in [6.07, 6.45) is 4.91. The maximum absolute atomic E-state index is 5.87. The molecule has 1 aliphatic rings. The molecule has 0 spiro atoms. The molecule has 1 aliphatic heterocycles. The molecule has 2 heterocycles. The second-order valence-electron chi connectivity index (χ2n) is 5.82. The molecule has 0 radical (unpaired) electrons. The molecule has 118 valence electrons. The molecular formula is C17H24N4O. The van der Waals surface area contributed by atoms with Gasteiger partial charge in [-0.3, -0.25) is 0 Å². The van der Waals surface area contributed by atoms with E-state index in [0.717, 1.165) is 29.9 Å². The molecule has 3 rings (SSSR count). The smallest absolute Gasteiger partial charge is 0.258 e. The van der Waals surface area contributed by atoms with Crippen molar-refractivity contribution in [3.8, 4) is 5.88 Å². The quantitative estimate of drug-likeness (QED) is 0.803. The highest BCUT2D eigenvalue weighted by Crippen LogP contribution is 2.23. The second kappa shape index (κ2) is 7.40. The number of fused-ring (bicyclic) bond motifs is 1. The SMILES string of the molecule is CNc1nc2ccccc2nc1OCCCC1CCCNC1. The Kier molecular flexibility index (Phi) is 5.06. The van der Waals surface area contributed by atoms with Crippen LogP contribution >= 0.6 is 0 Å². The average Bonchev–Trinajstić information content (AvgIpc) is 2.59. The molecule has 0 aliphatic carbocycles. The molecule has 1 fully saturated rings. The number of benzene rings is 1. The fourth-order valence-electron chi connectivity index (χ4n) is 2.96. The van der Waals surface area contributed by atoms with E-state index in [0.29, 0.717) is 18.3 Å². The first-order chi connectivity index (χ1) is 10.9. The third-order valence-electron chi connectivity index (χ3n) is 4.17. The molecule has 1 aromatic heterocycles. The van der Waals surface area contributed by atoms with Crippen molar-refractivity contribution in [3.63, 3.8) is 0 Å². The van der Waals surface area contributed by atoms with Crippen molar-refractivity contribution in [1.82, 2.24) is 15.3 Å². The highest BCUT2D eigenvalue weighted by atomic mass is 16.5. The van der Waals surface area contributed by atoms with Gasteiger partial charge in [0.1, 0.15) is 0 Å². The van der Waals surface area contributed by atoms with E-state index in [1.165, 1.54) is 25.8 Å². The number of aromatic nitrogens is 2. The lowest BCUT2D eigenvalue weighted by Crippen LogP contribution is -2.29. The molecule has 22 heavy (non-hydrogen) atoms. The number of nitrogens with one attached hydrogen (secondary N) is 2. The van der Waals surface area contributed by atoms with Crippen LogP contribution in [0.2, 0.25) is 0 Å². The van der Waals surface area contributed by atoms with E-state index in [2.05, 4.69) is 20.6 Å². The van der Waals surface area contributed by atoms with Gasteiger partial charge in [-0.1, -0.05) is 12.1 Å². The maximum atomic E-state index is 5.87. The van der Waals surface area contributed by atoms with Crippen LogP contribution in [0.25, 0.3) is 11.0 Å². The summed E-state index contributed by atoms with van der Waals surface area (Å²) in [5.74, 6) is 2.10. The van der Waals surface area contributed by atoms with Crippen LogP contribution in [-0.2, 0) is 0 Å². The number of anilines is 1. The molecule has 1 aromatic carbocycles. The molecular weight excluding hydrogens is 276 g/mol. The Hall–Kier alpha value is -1.88. The van der Waals surface area contributed by atoms with Crippen molar-refractivity contribution < 1.29 is 4.74 Å². The molecule has 0 saturated carbocycles. The number of ether oxygens (including phenoxy) is 1. The Morgan fingerprint density at radius 3 is 2.82 bits per heavy atom. The first kappa shape index (κ1) is 15.0. The van der Waals surface area contributed by atoms with Crippen LogP contribution in [0.15, 0.2) is 24.3 Å². The zero-order valence-corrected chi connectivity index (χ0v) is 13.1. The number of hydrogen-bond donors (Lipinski definition) is 2. The van der Waals surface area contributed by atoms with Gasteiger partial charge in [0.2, 0.25) is 0 Å². The van der Waals surface area contributed by atoms with Crippen LogP contribution in [-0.4, -0.2) is 36.7 Å². The largest absolute Gasteiger partial charge is 0.475 e. The number of hydrogen-bond acceptors (Lipinski definition) is 5. The van der Waals surface area contributed by atoms with Crippen LogP contribution in [0.3, 0.4) is 0 Å². The molecule has 0 bridgehead atoms. The first-order valence-corrected chi connectivity index (χ1v) is 8.15. The summed E-state index contributed by atoms with van der Waals surface area (Å²) in [7, 11) is 1.85. The van der Waals surface area contributed by atoms with E-state index in [-0.39, 0.29) is 0 Å². The fraction of sp³-hybridized carbons (Fsp3) is 0.529. The number of rotatable bonds is 6. The van der Waals surface area contributed by atoms with Crippen LogP contribution in [0.5, 0.6) is 5.88 Å². The lowest BCUT2D eigenvalue weighted by Gasteiger charge is -2.22. The maximum Gasteiger partial charge on any atom is 0.258 e. The van der Waals surface area contributed by atoms with Crippen LogP contribution in [0, 0.1) is 5.92 Å². The van der Waals surface area contributed by atoms with Crippen LogP contribution in [0.1, 0.15) is 25.7 Å². The molecule has 1 saturated heterocycles. The highest BCUT2D eigenvalue weighted by molar-refractivity contribution is 5.77. The summed E-state index contributed by atoms with van der Waals surface area (Å²) >= 11 is 0. The average molecular weight is 300 g/mol. The van der Waals surface area contributed by atoms with E-state index >= 15 is 0 Å². The van der Waals surface area contributed by atoms with E-state index in [1.807, 2.05) is 31.3 Å². The van der Waals surface area contributed by atoms with Gasteiger partial charge in [0.05, 0.1) is 17.6 Å². The predicted molar refractivity (Wildman–Crippen MR) is 89.4 cm³/mol. The van der Waals surface area contributed by atoms with E-state index in [9.17, 15) is 0 Å². The van der Waals surface area contributed by atoms with Gasteiger partial charge in [-0.2, -0.15) is 0 Å².